The monoisotopic (exact) mass is 380 g/mol. The zero-order valence-electron chi connectivity index (χ0n) is 15.9. The van der Waals surface area contributed by atoms with Crippen LogP contribution in [0.2, 0.25) is 0 Å². The van der Waals surface area contributed by atoms with Crippen molar-refractivity contribution in [1.29, 1.82) is 0 Å². The van der Waals surface area contributed by atoms with E-state index in [0.29, 0.717) is 5.92 Å². The van der Waals surface area contributed by atoms with Gasteiger partial charge in [0.05, 0.1) is 16.8 Å². The molecule has 1 saturated carbocycles. The number of benzene rings is 1. The van der Waals surface area contributed by atoms with Crippen LogP contribution in [0.5, 0.6) is 0 Å². The van der Waals surface area contributed by atoms with Gasteiger partial charge in [-0.2, -0.15) is 0 Å². The fraction of sp³-hybridized carbons (Fsp3) is 0.208. The van der Waals surface area contributed by atoms with Crippen LogP contribution in [0.25, 0.3) is 33.4 Å². The lowest BCUT2D eigenvalue weighted by molar-refractivity contribution is 0.0919. The summed E-state index contributed by atoms with van der Waals surface area (Å²) in [7, 11) is 0. The van der Waals surface area contributed by atoms with Gasteiger partial charge in [0.1, 0.15) is 0 Å². The van der Waals surface area contributed by atoms with Gasteiger partial charge in [-0.15, -0.1) is 0 Å². The Labute approximate surface area is 168 Å². The molecule has 29 heavy (non-hydrogen) atoms. The highest BCUT2D eigenvalue weighted by molar-refractivity contribution is 5.98. The van der Waals surface area contributed by atoms with Crippen LogP contribution in [0.4, 0.5) is 0 Å². The largest absolute Gasteiger partial charge is 0.358 e. The number of nitrogens with one attached hydrogen (secondary N) is 2. The Hall–Kier alpha value is -3.47. The van der Waals surface area contributed by atoms with Crippen molar-refractivity contribution in [2.75, 3.05) is 0 Å². The van der Waals surface area contributed by atoms with Gasteiger partial charge < -0.3 is 10.3 Å². The maximum absolute atomic E-state index is 12.5. The van der Waals surface area contributed by atoms with Crippen molar-refractivity contribution in [3.05, 3.63) is 72.2 Å². The molecular weight excluding hydrogens is 360 g/mol. The standard InChI is InChI=1S/C24H20N4O/c29-24-18-11-21(27-23(18)12-22(28-24)14-5-6-14)16-7-8-25-20(10-16)17-9-15-3-1-2-4-19(15)26-13-17/h1-4,7-11,13-14,22,27H,5-6,12H2,(H,28,29). The summed E-state index contributed by atoms with van der Waals surface area (Å²) in [4.78, 5) is 25.1. The second-order valence-corrected chi connectivity index (χ2v) is 8.04. The SMILES string of the molecule is O=C1NC(C2CC2)Cc2[nH]c(-c3ccnc(-c4cnc5ccccc5c4)c3)cc21. The molecule has 0 saturated heterocycles. The number of rotatable bonds is 3. The summed E-state index contributed by atoms with van der Waals surface area (Å²) in [5, 5.41) is 4.27. The maximum atomic E-state index is 12.5. The van der Waals surface area contributed by atoms with E-state index < -0.39 is 0 Å². The first kappa shape index (κ1) is 16.5. The van der Waals surface area contributed by atoms with E-state index in [0.717, 1.165) is 51.1 Å². The summed E-state index contributed by atoms with van der Waals surface area (Å²) in [6.45, 7) is 0. The minimum atomic E-state index is 0.0404. The smallest absolute Gasteiger partial charge is 0.253 e. The topological polar surface area (TPSA) is 70.7 Å². The number of amides is 1. The predicted molar refractivity (Wildman–Crippen MR) is 112 cm³/mol. The molecule has 1 aromatic carbocycles. The molecule has 3 aromatic heterocycles. The lowest BCUT2D eigenvalue weighted by Crippen LogP contribution is -2.42. The molecule has 0 bridgehead atoms. The number of nitrogens with zero attached hydrogens (tertiary/aromatic N) is 2. The van der Waals surface area contributed by atoms with Crippen LogP contribution in [-0.4, -0.2) is 26.9 Å². The second kappa shape index (κ2) is 6.27. The maximum Gasteiger partial charge on any atom is 0.253 e. The lowest BCUT2D eigenvalue weighted by Gasteiger charge is -2.23. The molecular formula is C24H20N4O. The van der Waals surface area contributed by atoms with Gasteiger partial charge >= 0.3 is 0 Å². The number of hydrogen-bond donors (Lipinski definition) is 2. The van der Waals surface area contributed by atoms with E-state index in [4.69, 9.17) is 0 Å². The van der Waals surface area contributed by atoms with Crippen molar-refractivity contribution in [2.45, 2.75) is 25.3 Å². The van der Waals surface area contributed by atoms with Crippen molar-refractivity contribution in [3.63, 3.8) is 0 Å². The van der Waals surface area contributed by atoms with Crippen LogP contribution in [0.3, 0.4) is 0 Å². The Bertz CT molecular complexity index is 1250. The number of H-pyrrole nitrogens is 1. The molecule has 2 aliphatic rings. The fourth-order valence-corrected chi connectivity index (χ4v) is 4.28. The molecule has 1 aliphatic carbocycles. The molecule has 142 valence electrons. The van der Waals surface area contributed by atoms with Crippen molar-refractivity contribution in [1.82, 2.24) is 20.3 Å². The molecule has 1 unspecified atom stereocenters. The number of aromatic nitrogens is 3. The molecule has 2 N–H and O–H groups in total. The molecule has 4 aromatic rings. The van der Waals surface area contributed by atoms with Gasteiger partial charge in [0.25, 0.3) is 5.91 Å². The number of carbonyl (C=O) groups is 1. The highest BCUT2D eigenvalue weighted by Gasteiger charge is 2.37. The van der Waals surface area contributed by atoms with Crippen molar-refractivity contribution < 1.29 is 4.79 Å². The van der Waals surface area contributed by atoms with Gasteiger partial charge in [-0.05, 0) is 49.1 Å². The predicted octanol–water partition coefficient (Wildman–Crippen LogP) is 4.36. The van der Waals surface area contributed by atoms with E-state index in [1.54, 1.807) is 0 Å². The molecule has 1 amide bonds. The molecule has 4 heterocycles. The first-order valence-electron chi connectivity index (χ1n) is 10.1. The number of pyridine rings is 2. The van der Waals surface area contributed by atoms with E-state index in [9.17, 15) is 4.79 Å². The van der Waals surface area contributed by atoms with Gasteiger partial charge in [-0.1, -0.05) is 18.2 Å². The Morgan fingerprint density at radius 1 is 0.966 bits per heavy atom. The number of fused-ring (bicyclic) bond motifs is 2. The molecule has 5 heteroatoms. The molecule has 1 fully saturated rings. The highest BCUT2D eigenvalue weighted by atomic mass is 16.1. The Morgan fingerprint density at radius 2 is 1.86 bits per heavy atom. The second-order valence-electron chi connectivity index (χ2n) is 8.04. The van der Waals surface area contributed by atoms with Crippen LogP contribution >= 0.6 is 0 Å². The van der Waals surface area contributed by atoms with Crippen molar-refractivity contribution in [3.8, 4) is 22.5 Å². The van der Waals surface area contributed by atoms with Crippen molar-refractivity contribution in [2.24, 2.45) is 5.92 Å². The first-order chi connectivity index (χ1) is 14.2. The average molecular weight is 380 g/mol. The molecule has 1 atom stereocenters. The minimum Gasteiger partial charge on any atom is -0.358 e. The lowest BCUT2D eigenvalue weighted by atomic mass is 9.99. The quantitative estimate of drug-likeness (QED) is 0.555. The summed E-state index contributed by atoms with van der Waals surface area (Å²) >= 11 is 0. The average Bonchev–Trinajstić information content (AvgIpc) is 3.52. The van der Waals surface area contributed by atoms with Gasteiger partial charge in [0, 0.05) is 52.8 Å². The number of carbonyl (C=O) groups excluding carboxylic acids is 1. The van der Waals surface area contributed by atoms with Crippen LogP contribution in [0, 0.1) is 5.92 Å². The summed E-state index contributed by atoms with van der Waals surface area (Å²) in [5.41, 5.74) is 6.61. The highest BCUT2D eigenvalue weighted by Crippen LogP contribution is 2.37. The third kappa shape index (κ3) is 2.90. The van der Waals surface area contributed by atoms with E-state index >= 15 is 0 Å². The third-order valence-corrected chi connectivity index (χ3v) is 6.03. The van der Waals surface area contributed by atoms with E-state index in [-0.39, 0.29) is 11.9 Å². The Balaban J connectivity index is 1.37. The van der Waals surface area contributed by atoms with Crippen molar-refractivity contribution >= 4 is 16.8 Å². The van der Waals surface area contributed by atoms with E-state index in [1.165, 1.54) is 12.8 Å². The number of para-hydroxylation sites is 1. The van der Waals surface area contributed by atoms with Gasteiger partial charge in [-0.3, -0.25) is 14.8 Å². The van der Waals surface area contributed by atoms with Crippen LogP contribution in [0.15, 0.2) is 60.9 Å². The van der Waals surface area contributed by atoms with Gasteiger partial charge in [0.15, 0.2) is 0 Å². The minimum absolute atomic E-state index is 0.0404. The van der Waals surface area contributed by atoms with Crippen LogP contribution in [-0.2, 0) is 6.42 Å². The zero-order chi connectivity index (χ0) is 19.4. The summed E-state index contributed by atoms with van der Waals surface area (Å²) in [6.07, 6.45) is 7.01. The third-order valence-electron chi connectivity index (χ3n) is 6.03. The van der Waals surface area contributed by atoms with Gasteiger partial charge in [0.2, 0.25) is 0 Å². The number of aromatic amines is 1. The zero-order valence-corrected chi connectivity index (χ0v) is 15.9. The van der Waals surface area contributed by atoms with E-state index in [2.05, 4.69) is 38.5 Å². The van der Waals surface area contributed by atoms with E-state index in [1.807, 2.05) is 42.7 Å². The molecule has 6 rings (SSSR count). The molecule has 0 radical (unpaired) electrons. The van der Waals surface area contributed by atoms with Gasteiger partial charge in [-0.25, -0.2) is 0 Å². The van der Waals surface area contributed by atoms with Crippen LogP contribution in [0.1, 0.15) is 28.9 Å². The Kier molecular flexibility index (Phi) is 3.57. The Morgan fingerprint density at radius 3 is 2.76 bits per heavy atom. The fourth-order valence-electron chi connectivity index (χ4n) is 4.28. The molecule has 0 spiro atoms. The molecule has 5 nitrogen and oxygen atoms in total. The summed E-state index contributed by atoms with van der Waals surface area (Å²) < 4.78 is 0. The summed E-state index contributed by atoms with van der Waals surface area (Å²) in [5.74, 6) is 0.686. The van der Waals surface area contributed by atoms with Crippen LogP contribution < -0.4 is 5.32 Å². The summed E-state index contributed by atoms with van der Waals surface area (Å²) in [6, 6.07) is 16.5. The molecule has 1 aliphatic heterocycles. The number of hydrogen-bond acceptors (Lipinski definition) is 3. The normalized spacial score (nSPS) is 18.5. The first-order valence-corrected chi connectivity index (χ1v) is 10.1.